The SMILES string of the molecule is c1ccc(-c2ccc3c(c2)C2(c4ccccc4-c4ccccc42)c2cc(-c4ccc5c(c4)c4ccccc4n5-c4ccccc4)ccc2-3)cc1. The van der Waals surface area contributed by atoms with Crippen LogP contribution in [-0.4, -0.2) is 4.57 Å². The minimum Gasteiger partial charge on any atom is -0.309 e. The smallest absolute Gasteiger partial charge is 0.0725 e. The van der Waals surface area contributed by atoms with E-state index in [0.717, 1.165) is 0 Å². The lowest BCUT2D eigenvalue weighted by Crippen LogP contribution is -2.26. The van der Waals surface area contributed by atoms with Gasteiger partial charge in [0.1, 0.15) is 0 Å². The Morgan fingerprint density at radius 1 is 0.300 bits per heavy atom. The minimum atomic E-state index is -0.411. The molecule has 1 heterocycles. The van der Waals surface area contributed by atoms with Gasteiger partial charge in [0.15, 0.2) is 0 Å². The number of rotatable bonds is 3. The van der Waals surface area contributed by atoms with Crippen LogP contribution in [0.5, 0.6) is 0 Å². The summed E-state index contributed by atoms with van der Waals surface area (Å²) in [4.78, 5) is 0. The zero-order chi connectivity index (χ0) is 32.8. The van der Waals surface area contributed by atoms with Crippen molar-refractivity contribution in [2.45, 2.75) is 5.41 Å². The molecule has 0 bridgehead atoms. The molecule has 9 aromatic rings. The molecule has 0 saturated heterocycles. The number of fused-ring (bicyclic) bond motifs is 13. The normalized spacial score (nSPS) is 13.4. The van der Waals surface area contributed by atoms with Gasteiger partial charge in [-0.3, -0.25) is 0 Å². The molecule has 0 aliphatic heterocycles. The van der Waals surface area contributed by atoms with E-state index >= 15 is 0 Å². The average Bonchev–Trinajstić information content (AvgIpc) is 3.79. The van der Waals surface area contributed by atoms with E-state index in [2.05, 4.69) is 193 Å². The van der Waals surface area contributed by atoms with Crippen LogP contribution in [-0.2, 0) is 5.41 Å². The molecule has 0 radical (unpaired) electrons. The summed E-state index contributed by atoms with van der Waals surface area (Å²) in [5, 5.41) is 2.54. The van der Waals surface area contributed by atoms with Crippen molar-refractivity contribution < 1.29 is 0 Å². The standard InChI is InChI=1S/C49H31N/c1-3-13-32(14-4-1)34-23-26-39-40-27-24-35(31-46(40)49(45(39)30-34)43-20-10-7-17-37(43)38-18-8-11-21-44(38)49)33-25-28-48-42(29-33)41-19-9-12-22-47(41)50(48)36-15-5-2-6-16-36/h1-31H. The second-order valence-electron chi connectivity index (χ2n) is 13.6. The maximum atomic E-state index is 2.49. The number of para-hydroxylation sites is 2. The van der Waals surface area contributed by atoms with Crippen molar-refractivity contribution in [1.29, 1.82) is 0 Å². The van der Waals surface area contributed by atoms with E-state index in [0.29, 0.717) is 0 Å². The maximum absolute atomic E-state index is 2.49. The van der Waals surface area contributed by atoms with Gasteiger partial charge in [0.05, 0.1) is 16.4 Å². The monoisotopic (exact) mass is 633 g/mol. The molecular formula is C49H31N. The molecule has 0 unspecified atom stereocenters. The van der Waals surface area contributed by atoms with Gasteiger partial charge in [0.2, 0.25) is 0 Å². The van der Waals surface area contributed by atoms with Crippen LogP contribution in [0, 0.1) is 0 Å². The van der Waals surface area contributed by atoms with Gasteiger partial charge in [-0.05, 0) is 109 Å². The number of nitrogens with zero attached hydrogens (tertiary/aromatic N) is 1. The predicted octanol–water partition coefficient (Wildman–Crippen LogP) is 12.5. The zero-order valence-corrected chi connectivity index (χ0v) is 27.3. The third-order valence-electron chi connectivity index (χ3n) is 11.2. The summed E-state index contributed by atoms with van der Waals surface area (Å²) in [5.41, 5.74) is 18.9. The third kappa shape index (κ3) is 3.61. The van der Waals surface area contributed by atoms with Gasteiger partial charge in [0, 0.05) is 16.5 Å². The van der Waals surface area contributed by atoms with Crippen molar-refractivity contribution in [1.82, 2.24) is 4.57 Å². The van der Waals surface area contributed by atoms with E-state index in [9.17, 15) is 0 Å². The Bertz CT molecular complexity index is 2760. The third-order valence-corrected chi connectivity index (χ3v) is 11.2. The fourth-order valence-electron chi connectivity index (χ4n) is 9.14. The highest BCUT2D eigenvalue weighted by Gasteiger charge is 2.51. The fourth-order valence-corrected chi connectivity index (χ4v) is 9.14. The molecule has 0 saturated carbocycles. The highest BCUT2D eigenvalue weighted by molar-refractivity contribution is 6.10. The first-order valence-corrected chi connectivity index (χ1v) is 17.4. The van der Waals surface area contributed by atoms with Crippen molar-refractivity contribution in [3.63, 3.8) is 0 Å². The molecule has 50 heavy (non-hydrogen) atoms. The van der Waals surface area contributed by atoms with Crippen LogP contribution in [0.2, 0.25) is 0 Å². The van der Waals surface area contributed by atoms with Crippen LogP contribution in [0.1, 0.15) is 22.3 Å². The quantitative estimate of drug-likeness (QED) is 0.182. The van der Waals surface area contributed by atoms with E-state index in [1.165, 1.54) is 94.3 Å². The lowest BCUT2D eigenvalue weighted by Gasteiger charge is -2.31. The zero-order valence-electron chi connectivity index (χ0n) is 27.3. The Morgan fingerprint density at radius 3 is 1.46 bits per heavy atom. The summed E-state index contributed by atoms with van der Waals surface area (Å²) in [6.07, 6.45) is 0. The number of hydrogen-bond acceptors (Lipinski definition) is 0. The van der Waals surface area contributed by atoms with Crippen LogP contribution in [0.15, 0.2) is 188 Å². The van der Waals surface area contributed by atoms with Gasteiger partial charge in [-0.15, -0.1) is 0 Å². The lowest BCUT2D eigenvalue weighted by molar-refractivity contribution is 0.794. The molecule has 1 spiro atoms. The molecule has 8 aromatic carbocycles. The Hall–Kier alpha value is -6.44. The van der Waals surface area contributed by atoms with Gasteiger partial charge in [-0.2, -0.15) is 0 Å². The van der Waals surface area contributed by atoms with Gasteiger partial charge in [-0.1, -0.05) is 146 Å². The molecule has 2 aliphatic carbocycles. The van der Waals surface area contributed by atoms with Crippen LogP contribution < -0.4 is 0 Å². The largest absolute Gasteiger partial charge is 0.309 e. The van der Waals surface area contributed by atoms with E-state index in [-0.39, 0.29) is 0 Å². The molecular weight excluding hydrogens is 603 g/mol. The van der Waals surface area contributed by atoms with Gasteiger partial charge in [-0.25, -0.2) is 0 Å². The highest BCUT2D eigenvalue weighted by Crippen LogP contribution is 2.63. The van der Waals surface area contributed by atoms with Crippen molar-refractivity contribution in [3.05, 3.63) is 210 Å². The first-order chi connectivity index (χ1) is 24.8. The Labute approximate surface area is 291 Å². The van der Waals surface area contributed by atoms with Crippen molar-refractivity contribution in [3.8, 4) is 50.2 Å². The molecule has 11 rings (SSSR count). The van der Waals surface area contributed by atoms with Crippen molar-refractivity contribution >= 4 is 21.8 Å². The van der Waals surface area contributed by atoms with Crippen LogP contribution in [0.3, 0.4) is 0 Å². The predicted molar refractivity (Wildman–Crippen MR) is 208 cm³/mol. The number of aromatic nitrogens is 1. The van der Waals surface area contributed by atoms with Gasteiger partial charge in [0.25, 0.3) is 0 Å². The number of hydrogen-bond donors (Lipinski definition) is 0. The summed E-state index contributed by atoms with van der Waals surface area (Å²) in [6, 6.07) is 69.7. The Morgan fingerprint density at radius 2 is 0.780 bits per heavy atom. The van der Waals surface area contributed by atoms with E-state index < -0.39 is 5.41 Å². The minimum absolute atomic E-state index is 0.411. The molecule has 2 aliphatic rings. The van der Waals surface area contributed by atoms with E-state index in [1.807, 2.05) is 0 Å². The summed E-state index contributed by atoms with van der Waals surface area (Å²) in [5.74, 6) is 0. The molecule has 232 valence electrons. The molecule has 1 heteroatoms. The van der Waals surface area contributed by atoms with E-state index in [4.69, 9.17) is 0 Å². The molecule has 0 fully saturated rings. The first-order valence-electron chi connectivity index (χ1n) is 17.4. The lowest BCUT2D eigenvalue weighted by atomic mass is 9.70. The first kappa shape index (κ1) is 27.5. The fraction of sp³-hybridized carbons (Fsp3) is 0.0204. The molecule has 0 atom stereocenters. The van der Waals surface area contributed by atoms with Crippen molar-refractivity contribution in [2.24, 2.45) is 0 Å². The van der Waals surface area contributed by atoms with Gasteiger partial charge < -0.3 is 4.57 Å². The molecule has 0 N–H and O–H groups in total. The molecule has 1 nitrogen and oxygen atoms in total. The second-order valence-corrected chi connectivity index (χ2v) is 13.6. The maximum Gasteiger partial charge on any atom is 0.0725 e. The Balaban J connectivity index is 1.17. The van der Waals surface area contributed by atoms with Crippen LogP contribution >= 0.6 is 0 Å². The van der Waals surface area contributed by atoms with Crippen LogP contribution in [0.4, 0.5) is 0 Å². The topological polar surface area (TPSA) is 4.93 Å². The summed E-state index contributed by atoms with van der Waals surface area (Å²) in [7, 11) is 0. The summed E-state index contributed by atoms with van der Waals surface area (Å²) >= 11 is 0. The van der Waals surface area contributed by atoms with Crippen LogP contribution in [0.25, 0.3) is 72.0 Å². The summed E-state index contributed by atoms with van der Waals surface area (Å²) < 4.78 is 2.39. The highest BCUT2D eigenvalue weighted by atomic mass is 15.0. The van der Waals surface area contributed by atoms with E-state index in [1.54, 1.807) is 0 Å². The Kier molecular flexibility index (Phi) is 5.66. The summed E-state index contributed by atoms with van der Waals surface area (Å²) in [6.45, 7) is 0. The molecule has 1 aromatic heterocycles. The second kappa shape index (κ2) is 10.3. The van der Waals surface area contributed by atoms with Crippen molar-refractivity contribution in [2.75, 3.05) is 0 Å². The molecule has 0 amide bonds. The average molecular weight is 634 g/mol. The number of benzene rings is 8. The van der Waals surface area contributed by atoms with Gasteiger partial charge >= 0.3 is 0 Å².